The van der Waals surface area contributed by atoms with Crippen molar-refractivity contribution in [2.45, 2.75) is 51.9 Å². The predicted molar refractivity (Wildman–Crippen MR) is 81.6 cm³/mol. The van der Waals surface area contributed by atoms with Crippen LogP contribution in [0.5, 0.6) is 0 Å². The van der Waals surface area contributed by atoms with Gasteiger partial charge in [0.15, 0.2) is 0 Å². The molecule has 0 spiro atoms. The highest BCUT2D eigenvalue weighted by Crippen LogP contribution is 2.59. The molecular weight excluding hydrogens is 216 g/mol. The fourth-order valence-corrected chi connectivity index (χ4v) is 6.68. The third kappa shape index (κ3) is 8.76. The Morgan fingerprint density at radius 1 is 0.667 bits per heavy atom. The highest BCUT2D eigenvalue weighted by Gasteiger charge is 2.26. The van der Waals surface area contributed by atoms with Crippen LogP contribution >= 0.6 is 15.8 Å². The third-order valence-electron chi connectivity index (χ3n) is 2.71. The van der Waals surface area contributed by atoms with Crippen molar-refractivity contribution < 1.29 is 0 Å². The Hall–Kier alpha value is 0.990. The van der Waals surface area contributed by atoms with E-state index in [1.807, 2.05) is 0 Å². The van der Waals surface area contributed by atoms with Crippen molar-refractivity contribution in [3.8, 4) is 0 Å². The predicted octanol–water partition coefficient (Wildman–Crippen LogP) is 4.00. The molecule has 0 saturated heterocycles. The van der Waals surface area contributed by atoms with Crippen LogP contribution in [0.2, 0.25) is 0 Å². The molecular formula is C11H26B2P2. The van der Waals surface area contributed by atoms with Crippen molar-refractivity contribution >= 4 is 32.7 Å². The second-order valence-electron chi connectivity index (χ2n) is 5.88. The van der Waals surface area contributed by atoms with Crippen molar-refractivity contribution in [1.29, 1.82) is 0 Å². The van der Waals surface area contributed by atoms with E-state index in [2.05, 4.69) is 54.9 Å². The Morgan fingerprint density at radius 3 is 1.00 bits per heavy atom. The van der Waals surface area contributed by atoms with Gasteiger partial charge in [0, 0.05) is 16.8 Å². The molecule has 0 nitrogen and oxygen atoms in total. The first-order valence-electron chi connectivity index (χ1n) is 4.97. The Balaban J connectivity index is -0.000000720. The molecule has 0 rings (SSSR count). The van der Waals surface area contributed by atoms with Crippen molar-refractivity contribution in [3.63, 3.8) is 0 Å². The van der Waals surface area contributed by atoms with E-state index in [4.69, 9.17) is 0 Å². The van der Waals surface area contributed by atoms with Crippen molar-refractivity contribution in [2.24, 2.45) is 0 Å². The highest BCUT2D eigenvalue weighted by atomic mass is 31.2. The van der Waals surface area contributed by atoms with E-state index in [-0.39, 0.29) is 32.7 Å². The van der Waals surface area contributed by atoms with E-state index in [9.17, 15) is 0 Å². The van der Waals surface area contributed by atoms with Crippen LogP contribution in [0.4, 0.5) is 0 Å². The maximum absolute atomic E-state index is 2.46. The summed E-state index contributed by atoms with van der Waals surface area (Å²) in [7, 11) is 0.407. The van der Waals surface area contributed by atoms with E-state index in [0.29, 0.717) is 10.3 Å². The number of hydrogen-bond donors (Lipinski definition) is 0. The maximum atomic E-state index is 2.46. The van der Waals surface area contributed by atoms with Crippen molar-refractivity contribution in [2.75, 3.05) is 19.2 Å². The Kier molecular flexibility index (Phi) is 10.4. The van der Waals surface area contributed by atoms with Crippen LogP contribution in [0.15, 0.2) is 0 Å². The maximum Gasteiger partial charge on any atom is 0 e. The standard InChI is InChI=1S/C11H26P2.2B/c1-10(2,3)12(7)9-13(8)11(4,5)6;;/h9H2,1-8H3;;/t12-,13-;;/m1../s1. The average molecular weight is 242 g/mol. The van der Waals surface area contributed by atoms with Crippen molar-refractivity contribution in [1.82, 2.24) is 0 Å². The molecule has 4 heteroatoms. The summed E-state index contributed by atoms with van der Waals surface area (Å²) in [5.74, 6) is 1.47. The van der Waals surface area contributed by atoms with Gasteiger partial charge in [0.1, 0.15) is 0 Å². The second-order valence-corrected chi connectivity index (χ2v) is 12.5. The van der Waals surface area contributed by atoms with E-state index in [1.54, 1.807) is 0 Å². The second kappa shape index (κ2) is 7.34. The van der Waals surface area contributed by atoms with Crippen LogP contribution in [-0.4, -0.2) is 46.4 Å². The third-order valence-corrected chi connectivity index (χ3v) is 10.7. The Bertz CT molecular complexity index is 141. The molecule has 0 heterocycles. The lowest BCUT2D eigenvalue weighted by Crippen LogP contribution is -2.17. The monoisotopic (exact) mass is 242 g/mol. The molecule has 0 aliphatic rings. The minimum atomic E-state index is 0. The van der Waals surface area contributed by atoms with Crippen molar-refractivity contribution in [3.05, 3.63) is 0 Å². The van der Waals surface area contributed by atoms with Gasteiger partial charge in [0.25, 0.3) is 0 Å². The minimum Gasteiger partial charge on any atom is -0.1000 e. The summed E-state index contributed by atoms with van der Waals surface area (Å²) in [5.41, 5.74) is 0. The zero-order valence-electron chi connectivity index (χ0n) is 11.8. The molecule has 0 unspecified atom stereocenters. The average Bonchev–Trinajstić information content (AvgIpc) is 1.82. The van der Waals surface area contributed by atoms with E-state index in [1.165, 1.54) is 5.90 Å². The molecule has 0 saturated carbocycles. The van der Waals surface area contributed by atoms with Crippen LogP contribution in [0, 0.1) is 0 Å². The lowest BCUT2D eigenvalue weighted by molar-refractivity contribution is 0.778. The minimum absolute atomic E-state index is 0. The van der Waals surface area contributed by atoms with Gasteiger partial charge in [-0.2, -0.15) is 0 Å². The molecule has 0 fully saturated rings. The van der Waals surface area contributed by atoms with E-state index >= 15 is 0 Å². The smallest absolute Gasteiger partial charge is 0 e. The first kappa shape index (κ1) is 21.3. The summed E-state index contributed by atoms with van der Waals surface area (Å²) in [6.07, 6.45) is 0. The quantitative estimate of drug-likeness (QED) is 0.507. The van der Waals surface area contributed by atoms with Crippen LogP contribution in [-0.2, 0) is 0 Å². The number of hydrogen-bond acceptors (Lipinski definition) is 0. The molecule has 0 aromatic carbocycles. The molecule has 0 aliphatic carbocycles. The van der Waals surface area contributed by atoms with Gasteiger partial charge in [-0.3, -0.25) is 0 Å². The molecule has 0 N–H and O–H groups in total. The van der Waals surface area contributed by atoms with Gasteiger partial charge < -0.3 is 0 Å². The topological polar surface area (TPSA) is 0 Å². The van der Waals surface area contributed by atoms with Gasteiger partial charge in [-0.05, 0) is 29.5 Å². The van der Waals surface area contributed by atoms with Crippen LogP contribution in [0.25, 0.3) is 0 Å². The van der Waals surface area contributed by atoms with Crippen LogP contribution in [0.1, 0.15) is 41.5 Å². The normalized spacial score (nSPS) is 16.0. The van der Waals surface area contributed by atoms with Crippen LogP contribution in [0.3, 0.4) is 0 Å². The SMILES string of the molecule is C[P@](C[P@@](C)C(C)(C)C)C(C)(C)C.[B].[B]. The first-order chi connectivity index (χ1) is 5.55. The molecule has 0 amide bonds. The summed E-state index contributed by atoms with van der Waals surface area (Å²) in [5, 5.41) is 1.08. The molecule has 0 aliphatic heterocycles. The fraction of sp³-hybridized carbons (Fsp3) is 1.00. The lowest BCUT2D eigenvalue weighted by atomic mass is 10.3. The van der Waals surface area contributed by atoms with Gasteiger partial charge in [-0.1, -0.05) is 57.4 Å². The largest absolute Gasteiger partial charge is 0.1000 e. The molecule has 0 aromatic heterocycles. The van der Waals surface area contributed by atoms with Gasteiger partial charge in [-0.25, -0.2) is 0 Å². The van der Waals surface area contributed by atoms with E-state index in [0.717, 1.165) is 0 Å². The molecule has 15 heavy (non-hydrogen) atoms. The molecule has 0 bridgehead atoms. The highest BCUT2D eigenvalue weighted by molar-refractivity contribution is 7.75. The zero-order chi connectivity index (χ0) is 10.9. The van der Waals surface area contributed by atoms with Gasteiger partial charge in [0.2, 0.25) is 0 Å². The van der Waals surface area contributed by atoms with Gasteiger partial charge in [-0.15, -0.1) is 0 Å². The van der Waals surface area contributed by atoms with Gasteiger partial charge in [0.05, 0.1) is 0 Å². The summed E-state index contributed by atoms with van der Waals surface area (Å²) in [6, 6.07) is 0. The van der Waals surface area contributed by atoms with E-state index < -0.39 is 0 Å². The molecule has 86 valence electrons. The fourth-order valence-electron chi connectivity index (χ4n) is 0.742. The molecule has 2 atom stereocenters. The first-order valence-corrected chi connectivity index (χ1v) is 8.92. The summed E-state index contributed by atoms with van der Waals surface area (Å²) < 4.78 is 0. The Morgan fingerprint density at radius 2 is 0.867 bits per heavy atom. The lowest BCUT2D eigenvalue weighted by Gasteiger charge is -2.35. The summed E-state index contributed by atoms with van der Waals surface area (Å²) in [4.78, 5) is 0. The van der Waals surface area contributed by atoms with Gasteiger partial charge >= 0.3 is 0 Å². The summed E-state index contributed by atoms with van der Waals surface area (Å²) >= 11 is 0. The molecule has 0 aromatic rings. The summed E-state index contributed by atoms with van der Waals surface area (Å²) in [6.45, 7) is 19.2. The van der Waals surface area contributed by atoms with Crippen LogP contribution < -0.4 is 0 Å². The zero-order valence-corrected chi connectivity index (χ0v) is 13.5. The molecule has 6 radical (unpaired) electrons. The number of rotatable bonds is 2. The Labute approximate surface area is 104 Å².